The van der Waals surface area contributed by atoms with Crippen molar-refractivity contribution >= 4 is 16.8 Å². The van der Waals surface area contributed by atoms with Gasteiger partial charge in [-0.25, -0.2) is 9.07 Å². The van der Waals surface area contributed by atoms with Gasteiger partial charge in [0.15, 0.2) is 0 Å². The normalized spacial score (nSPS) is 12.9. The second kappa shape index (κ2) is 7.51. The summed E-state index contributed by atoms with van der Waals surface area (Å²) >= 11 is 0. The molecule has 1 N–H and O–H groups in total. The summed E-state index contributed by atoms with van der Waals surface area (Å²) in [4.78, 5) is 12.6. The van der Waals surface area contributed by atoms with Crippen molar-refractivity contribution in [3.8, 4) is 5.69 Å². The molecule has 4 nitrogen and oxygen atoms in total. The van der Waals surface area contributed by atoms with Gasteiger partial charge in [0.25, 0.3) is 0 Å². The van der Waals surface area contributed by atoms with Crippen LogP contribution in [0.25, 0.3) is 16.6 Å². The van der Waals surface area contributed by atoms with Gasteiger partial charge in [0.2, 0.25) is 5.91 Å². The Morgan fingerprint density at radius 2 is 1.89 bits per heavy atom. The summed E-state index contributed by atoms with van der Waals surface area (Å²) in [7, 11) is 0. The third-order valence-electron chi connectivity index (χ3n) is 5.27. The molecule has 1 heterocycles. The Labute approximate surface area is 159 Å². The van der Waals surface area contributed by atoms with E-state index in [4.69, 9.17) is 0 Å². The zero-order valence-electron chi connectivity index (χ0n) is 16.3. The highest BCUT2D eigenvalue weighted by Gasteiger charge is 2.36. The van der Waals surface area contributed by atoms with Crippen LogP contribution in [0.1, 0.15) is 45.6 Å². The third kappa shape index (κ3) is 3.59. The van der Waals surface area contributed by atoms with Crippen LogP contribution < -0.4 is 5.32 Å². The number of rotatable bonds is 6. The van der Waals surface area contributed by atoms with Gasteiger partial charge in [-0.15, -0.1) is 0 Å². The predicted molar refractivity (Wildman–Crippen MR) is 107 cm³/mol. The molecule has 0 radical (unpaired) electrons. The first kappa shape index (κ1) is 19.1. The van der Waals surface area contributed by atoms with E-state index in [-0.39, 0.29) is 17.6 Å². The number of fused-ring (bicyclic) bond motifs is 1. The molecular weight excluding hydrogens is 341 g/mol. The van der Waals surface area contributed by atoms with Crippen molar-refractivity contribution in [3.63, 3.8) is 0 Å². The maximum Gasteiger partial charge on any atom is 0.226 e. The van der Waals surface area contributed by atoms with Crippen LogP contribution in [0.2, 0.25) is 0 Å². The maximum atomic E-state index is 13.2. The molecule has 3 aromatic rings. The van der Waals surface area contributed by atoms with E-state index in [0.29, 0.717) is 6.54 Å². The molecular formula is C22H26FN3O. The van der Waals surface area contributed by atoms with Crippen LogP contribution >= 0.6 is 0 Å². The average Bonchev–Trinajstić information content (AvgIpc) is 3.06. The average molecular weight is 367 g/mol. The summed E-state index contributed by atoms with van der Waals surface area (Å²) in [5.74, 6) is -0.0996. The number of nitrogens with zero attached hydrogens (tertiary/aromatic N) is 2. The molecule has 1 aromatic heterocycles. The molecule has 0 bridgehead atoms. The molecule has 5 heteroatoms. The van der Waals surface area contributed by atoms with Crippen LogP contribution in [-0.4, -0.2) is 22.2 Å². The highest BCUT2D eigenvalue weighted by molar-refractivity contribution is 5.84. The number of carbonyl (C=O) groups excluding carboxylic acids is 1. The summed E-state index contributed by atoms with van der Waals surface area (Å²) in [6.07, 6.45) is 2.68. The van der Waals surface area contributed by atoms with E-state index in [1.807, 2.05) is 33.0 Å². The topological polar surface area (TPSA) is 46.9 Å². The molecule has 142 valence electrons. The quantitative estimate of drug-likeness (QED) is 0.679. The van der Waals surface area contributed by atoms with Gasteiger partial charge in [0, 0.05) is 11.9 Å². The fraction of sp³-hybridized carbons (Fsp3) is 0.364. The van der Waals surface area contributed by atoms with E-state index in [2.05, 4.69) is 29.5 Å². The van der Waals surface area contributed by atoms with Crippen molar-refractivity contribution in [3.05, 3.63) is 60.0 Å². The van der Waals surface area contributed by atoms with E-state index in [1.165, 1.54) is 12.1 Å². The first-order chi connectivity index (χ1) is 12.9. The van der Waals surface area contributed by atoms with Crippen molar-refractivity contribution in [2.45, 2.75) is 40.0 Å². The van der Waals surface area contributed by atoms with Gasteiger partial charge in [-0.2, -0.15) is 5.10 Å². The van der Waals surface area contributed by atoms with E-state index in [1.54, 1.807) is 16.8 Å². The summed E-state index contributed by atoms with van der Waals surface area (Å²) in [6.45, 7) is 8.67. The predicted octanol–water partition coefficient (Wildman–Crippen LogP) is 4.82. The van der Waals surface area contributed by atoms with Gasteiger partial charge < -0.3 is 5.32 Å². The molecule has 0 fully saturated rings. The summed E-state index contributed by atoms with van der Waals surface area (Å²) in [5.41, 5.74) is 2.38. The first-order valence-electron chi connectivity index (χ1n) is 9.40. The van der Waals surface area contributed by atoms with Crippen molar-refractivity contribution in [1.29, 1.82) is 0 Å². The number of hydrogen-bond acceptors (Lipinski definition) is 2. The monoisotopic (exact) mass is 367 g/mol. The molecule has 0 aliphatic heterocycles. The summed E-state index contributed by atoms with van der Waals surface area (Å²) in [5, 5.41) is 8.42. The third-order valence-corrected chi connectivity index (χ3v) is 5.27. The Balaban J connectivity index is 1.99. The molecule has 27 heavy (non-hydrogen) atoms. The van der Waals surface area contributed by atoms with E-state index >= 15 is 0 Å². The Morgan fingerprint density at radius 1 is 1.19 bits per heavy atom. The van der Waals surface area contributed by atoms with Crippen molar-refractivity contribution < 1.29 is 9.18 Å². The molecule has 0 spiro atoms. The van der Waals surface area contributed by atoms with Gasteiger partial charge in [-0.05, 0) is 61.2 Å². The van der Waals surface area contributed by atoms with Crippen LogP contribution in [0.15, 0.2) is 48.7 Å². The molecule has 3 rings (SSSR count). The highest BCUT2D eigenvalue weighted by atomic mass is 19.1. The van der Waals surface area contributed by atoms with E-state index < -0.39 is 5.41 Å². The smallest absolute Gasteiger partial charge is 0.226 e. The number of halogens is 1. The lowest BCUT2D eigenvalue weighted by Gasteiger charge is -2.33. The molecule has 1 amide bonds. The SMILES string of the molecule is CCNC(=O)C(C)(C)C(CC)c1ccc2c(cnn2-c2ccc(F)cc2)c1. The first-order valence-corrected chi connectivity index (χ1v) is 9.40. The number of carbonyl (C=O) groups is 1. The van der Waals surface area contributed by atoms with Crippen LogP contribution in [0.3, 0.4) is 0 Å². The minimum absolute atomic E-state index is 0.0685. The fourth-order valence-corrected chi connectivity index (χ4v) is 3.77. The zero-order chi connectivity index (χ0) is 19.6. The van der Waals surface area contributed by atoms with Crippen LogP contribution in [-0.2, 0) is 4.79 Å². The Bertz CT molecular complexity index is 944. The van der Waals surface area contributed by atoms with Crippen molar-refractivity contribution in [1.82, 2.24) is 15.1 Å². The largest absolute Gasteiger partial charge is 0.356 e. The lowest BCUT2D eigenvalue weighted by molar-refractivity contribution is -0.130. The van der Waals surface area contributed by atoms with Crippen LogP contribution in [0, 0.1) is 11.2 Å². The second-order valence-electron chi connectivity index (χ2n) is 7.39. The molecule has 0 aliphatic rings. The number of nitrogens with one attached hydrogen (secondary N) is 1. The van der Waals surface area contributed by atoms with Gasteiger partial charge in [0.1, 0.15) is 5.82 Å². The van der Waals surface area contributed by atoms with Crippen LogP contribution in [0.4, 0.5) is 4.39 Å². The lowest BCUT2D eigenvalue weighted by Crippen LogP contribution is -2.40. The Hall–Kier alpha value is -2.69. The molecule has 0 saturated carbocycles. The number of amides is 1. The van der Waals surface area contributed by atoms with Gasteiger partial charge in [0.05, 0.1) is 22.8 Å². The van der Waals surface area contributed by atoms with Gasteiger partial charge >= 0.3 is 0 Å². The Morgan fingerprint density at radius 3 is 2.52 bits per heavy atom. The maximum absolute atomic E-state index is 13.2. The number of aromatic nitrogens is 2. The van der Waals surface area contributed by atoms with Crippen LogP contribution in [0.5, 0.6) is 0 Å². The molecule has 0 saturated heterocycles. The zero-order valence-corrected chi connectivity index (χ0v) is 16.3. The molecule has 0 aliphatic carbocycles. The summed E-state index contributed by atoms with van der Waals surface area (Å²) in [6, 6.07) is 12.5. The number of hydrogen-bond donors (Lipinski definition) is 1. The number of benzene rings is 2. The van der Waals surface area contributed by atoms with Gasteiger partial charge in [-0.3, -0.25) is 4.79 Å². The van der Waals surface area contributed by atoms with Gasteiger partial charge in [-0.1, -0.05) is 26.8 Å². The van der Waals surface area contributed by atoms with E-state index in [0.717, 1.165) is 28.6 Å². The minimum Gasteiger partial charge on any atom is -0.356 e. The highest BCUT2D eigenvalue weighted by Crippen LogP contribution is 2.39. The summed E-state index contributed by atoms with van der Waals surface area (Å²) < 4.78 is 15.0. The molecule has 2 aromatic carbocycles. The fourth-order valence-electron chi connectivity index (χ4n) is 3.77. The lowest BCUT2D eigenvalue weighted by atomic mass is 9.72. The van der Waals surface area contributed by atoms with Crippen molar-refractivity contribution in [2.75, 3.05) is 6.54 Å². The minimum atomic E-state index is -0.509. The standard InChI is InChI=1S/C22H26FN3O/c1-5-19(22(3,4)21(27)24-6-2)15-7-12-20-16(13-15)14-25-26(20)18-10-8-17(23)9-11-18/h7-14,19H,5-6H2,1-4H3,(H,24,27). The Kier molecular flexibility index (Phi) is 5.31. The molecule has 1 atom stereocenters. The van der Waals surface area contributed by atoms with Crippen molar-refractivity contribution in [2.24, 2.45) is 5.41 Å². The molecule has 1 unspecified atom stereocenters. The van der Waals surface area contributed by atoms with E-state index in [9.17, 15) is 9.18 Å². The second-order valence-corrected chi connectivity index (χ2v) is 7.39.